The van der Waals surface area contributed by atoms with E-state index in [0.717, 1.165) is 31.5 Å². The molecule has 1 fully saturated rings. The molecule has 0 saturated carbocycles. The van der Waals surface area contributed by atoms with E-state index in [4.69, 9.17) is 0 Å². The Morgan fingerprint density at radius 3 is 2.32 bits per heavy atom. The lowest BCUT2D eigenvalue weighted by Crippen LogP contribution is -2.48. The van der Waals surface area contributed by atoms with Crippen molar-refractivity contribution in [2.75, 3.05) is 13.1 Å². The molecule has 0 unspecified atom stereocenters. The minimum Gasteiger partial charge on any atom is -0.342 e. The number of rotatable bonds is 3. The third kappa shape index (κ3) is 3.50. The van der Waals surface area contributed by atoms with Crippen LogP contribution in [0.4, 0.5) is 0 Å². The van der Waals surface area contributed by atoms with Gasteiger partial charge in [-0.2, -0.15) is 5.26 Å². The molecule has 1 heterocycles. The number of hydrogen-bond donors (Lipinski definition) is 0. The van der Waals surface area contributed by atoms with Gasteiger partial charge in [0.25, 0.3) is 0 Å². The summed E-state index contributed by atoms with van der Waals surface area (Å²) in [5, 5.41) is 9.19. The van der Waals surface area contributed by atoms with Crippen LogP contribution in [0.2, 0.25) is 0 Å². The predicted molar refractivity (Wildman–Crippen MR) is 88.1 cm³/mol. The molecule has 3 nitrogen and oxygen atoms in total. The van der Waals surface area contributed by atoms with E-state index in [9.17, 15) is 10.1 Å². The van der Waals surface area contributed by atoms with E-state index in [0.29, 0.717) is 12.8 Å². The van der Waals surface area contributed by atoms with Crippen molar-refractivity contribution in [3.8, 4) is 6.07 Å². The quantitative estimate of drug-likeness (QED) is 0.852. The Bertz CT molecular complexity index is 543. The highest BCUT2D eigenvalue weighted by Gasteiger charge is 2.44. The van der Waals surface area contributed by atoms with Crippen molar-refractivity contribution >= 4 is 5.91 Å². The van der Waals surface area contributed by atoms with Crippen molar-refractivity contribution in [1.82, 2.24) is 4.90 Å². The molecule has 1 aromatic carbocycles. The molecule has 3 heteroatoms. The van der Waals surface area contributed by atoms with Crippen LogP contribution in [0.5, 0.6) is 0 Å². The predicted octanol–water partition coefficient (Wildman–Crippen LogP) is 3.80. The zero-order valence-corrected chi connectivity index (χ0v) is 13.9. The Morgan fingerprint density at radius 2 is 1.82 bits per heavy atom. The standard InChI is InChI=1S/C19H26N2O/c1-18(2,3)19(9-12-20)10-13-21(14-11-19)17(22)15-16-7-5-4-6-8-16/h4-8H,9-11,13-15H2,1-3H3. The lowest BCUT2D eigenvalue weighted by atomic mass is 9.60. The number of benzene rings is 1. The smallest absolute Gasteiger partial charge is 0.226 e. The fraction of sp³-hybridized carbons (Fsp3) is 0.579. The normalized spacial score (nSPS) is 17.8. The largest absolute Gasteiger partial charge is 0.342 e. The van der Waals surface area contributed by atoms with Gasteiger partial charge in [-0.3, -0.25) is 4.79 Å². The van der Waals surface area contributed by atoms with Crippen molar-refractivity contribution < 1.29 is 4.79 Å². The molecule has 22 heavy (non-hydrogen) atoms. The molecular formula is C19H26N2O. The van der Waals surface area contributed by atoms with Gasteiger partial charge in [0.05, 0.1) is 12.5 Å². The minimum absolute atomic E-state index is 0.0330. The molecule has 0 atom stereocenters. The Labute approximate surface area is 133 Å². The highest BCUT2D eigenvalue weighted by Crippen LogP contribution is 2.49. The third-order valence-electron chi connectivity index (χ3n) is 5.28. The molecule has 1 saturated heterocycles. The molecule has 1 aromatic rings. The van der Waals surface area contributed by atoms with Crippen molar-refractivity contribution in [2.45, 2.75) is 46.5 Å². The Morgan fingerprint density at radius 1 is 1.23 bits per heavy atom. The SMILES string of the molecule is CC(C)(C)C1(CC#N)CCN(C(=O)Cc2ccccc2)CC1. The maximum atomic E-state index is 12.4. The van der Waals surface area contributed by atoms with Crippen LogP contribution >= 0.6 is 0 Å². The molecule has 2 rings (SSSR count). The van der Waals surface area contributed by atoms with Gasteiger partial charge in [-0.1, -0.05) is 51.1 Å². The van der Waals surface area contributed by atoms with Crippen LogP contribution in [-0.2, 0) is 11.2 Å². The summed E-state index contributed by atoms with van der Waals surface area (Å²) in [6, 6.07) is 12.3. The Hall–Kier alpha value is -1.82. The Balaban J connectivity index is 1.99. The van der Waals surface area contributed by atoms with Crippen LogP contribution in [-0.4, -0.2) is 23.9 Å². The first kappa shape index (κ1) is 16.5. The first-order valence-electron chi connectivity index (χ1n) is 8.07. The molecule has 1 aliphatic rings. The second-order valence-electron chi connectivity index (χ2n) is 7.41. The van der Waals surface area contributed by atoms with E-state index in [1.54, 1.807) is 0 Å². The van der Waals surface area contributed by atoms with Gasteiger partial charge in [-0.15, -0.1) is 0 Å². The van der Waals surface area contributed by atoms with Gasteiger partial charge < -0.3 is 4.90 Å². The van der Waals surface area contributed by atoms with Gasteiger partial charge in [-0.05, 0) is 29.2 Å². The monoisotopic (exact) mass is 298 g/mol. The van der Waals surface area contributed by atoms with Crippen LogP contribution in [0.1, 0.15) is 45.6 Å². The van der Waals surface area contributed by atoms with Crippen molar-refractivity contribution in [3.05, 3.63) is 35.9 Å². The summed E-state index contributed by atoms with van der Waals surface area (Å²) >= 11 is 0. The van der Waals surface area contributed by atoms with Gasteiger partial charge in [-0.25, -0.2) is 0 Å². The lowest BCUT2D eigenvalue weighted by molar-refractivity contribution is -0.134. The van der Waals surface area contributed by atoms with Gasteiger partial charge in [0.15, 0.2) is 0 Å². The molecule has 0 radical (unpaired) electrons. The highest BCUT2D eigenvalue weighted by molar-refractivity contribution is 5.78. The maximum Gasteiger partial charge on any atom is 0.226 e. The molecule has 0 aromatic heterocycles. The van der Waals surface area contributed by atoms with Gasteiger partial charge in [0.1, 0.15) is 0 Å². The average molecular weight is 298 g/mol. The molecular weight excluding hydrogens is 272 g/mol. The van der Waals surface area contributed by atoms with E-state index in [-0.39, 0.29) is 16.7 Å². The summed E-state index contributed by atoms with van der Waals surface area (Å²) in [7, 11) is 0. The van der Waals surface area contributed by atoms with Gasteiger partial charge >= 0.3 is 0 Å². The average Bonchev–Trinajstić information content (AvgIpc) is 2.48. The molecule has 0 aliphatic carbocycles. The van der Waals surface area contributed by atoms with E-state index >= 15 is 0 Å². The molecule has 0 spiro atoms. The van der Waals surface area contributed by atoms with E-state index in [1.807, 2.05) is 35.2 Å². The number of nitrogens with zero attached hydrogens (tertiary/aromatic N) is 2. The molecule has 0 bridgehead atoms. The van der Waals surface area contributed by atoms with Crippen LogP contribution in [0, 0.1) is 22.2 Å². The Kier molecular flexibility index (Phi) is 4.90. The van der Waals surface area contributed by atoms with Crippen molar-refractivity contribution in [2.24, 2.45) is 10.8 Å². The van der Waals surface area contributed by atoms with Crippen molar-refractivity contribution in [1.29, 1.82) is 5.26 Å². The molecule has 1 aliphatic heterocycles. The zero-order chi connectivity index (χ0) is 16.2. The van der Waals surface area contributed by atoms with Crippen LogP contribution < -0.4 is 0 Å². The summed E-state index contributed by atoms with van der Waals surface area (Å²) in [4.78, 5) is 14.4. The summed E-state index contributed by atoms with van der Waals surface area (Å²) in [5.74, 6) is 0.200. The number of nitriles is 1. The fourth-order valence-corrected chi connectivity index (χ4v) is 3.41. The fourth-order valence-electron chi connectivity index (χ4n) is 3.41. The summed E-state index contributed by atoms with van der Waals surface area (Å²) in [6.45, 7) is 8.18. The first-order chi connectivity index (χ1) is 10.4. The minimum atomic E-state index is 0.0330. The summed E-state index contributed by atoms with van der Waals surface area (Å²) < 4.78 is 0. The lowest BCUT2D eigenvalue weighted by Gasteiger charge is -2.49. The topological polar surface area (TPSA) is 44.1 Å². The van der Waals surface area contributed by atoms with Crippen molar-refractivity contribution in [3.63, 3.8) is 0 Å². The first-order valence-corrected chi connectivity index (χ1v) is 8.07. The van der Waals surface area contributed by atoms with E-state index in [1.165, 1.54) is 0 Å². The second-order valence-corrected chi connectivity index (χ2v) is 7.41. The van der Waals surface area contributed by atoms with Gasteiger partial charge in [0.2, 0.25) is 5.91 Å². The third-order valence-corrected chi connectivity index (χ3v) is 5.28. The number of hydrogen-bond acceptors (Lipinski definition) is 2. The van der Waals surface area contributed by atoms with E-state index < -0.39 is 0 Å². The van der Waals surface area contributed by atoms with Crippen LogP contribution in [0.15, 0.2) is 30.3 Å². The van der Waals surface area contributed by atoms with Gasteiger partial charge in [0, 0.05) is 19.5 Å². The molecule has 118 valence electrons. The molecule has 1 amide bonds. The number of amides is 1. The zero-order valence-electron chi connectivity index (χ0n) is 13.9. The number of carbonyl (C=O) groups is 1. The second kappa shape index (κ2) is 6.52. The van der Waals surface area contributed by atoms with E-state index in [2.05, 4.69) is 26.8 Å². The van der Waals surface area contributed by atoms with Crippen LogP contribution in [0.3, 0.4) is 0 Å². The maximum absolute atomic E-state index is 12.4. The molecule has 0 N–H and O–H groups in total. The number of carbonyl (C=O) groups excluding carboxylic acids is 1. The number of likely N-dealkylation sites (tertiary alicyclic amines) is 1. The highest BCUT2D eigenvalue weighted by atomic mass is 16.2. The summed E-state index contributed by atoms with van der Waals surface area (Å²) in [5.41, 5.74) is 1.19. The summed E-state index contributed by atoms with van der Waals surface area (Å²) in [6.07, 6.45) is 2.90. The number of piperidine rings is 1. The van der Waals surface area contributed by atoms with Crippen LogP contribution in [0.25, 0.3) is 0 Å².